The topological polar surface area (TPSA) is 103 Å². The maximum absolute atomic E-state index is 12.4. The molecule has 0 spiro atoms. The summed E-state index contributed by atoms with van der Waals surface area (Å²) in [5.74, 6) is -0.942. The number of benzene rings is 2. The van der Waals surface area contributed by atoms with Crippen molar-refractivity contribution in [1.82, 2.24) is 0 Å². The van der Waals surface area contributed by atoms with Crippen molar-refractivity contribution in [2.24, 2.45) is 5.92 Å². The molecule has 2 aromatic carbocycles. The van der Waals surface area contributed by atoms with E-state index in [1.165, 1.54) is 26.2 Å². The van der Waals surface area contributed by atoms with E-state index in [-0.39, 0.29) is 18.9 Å². The van der Waals surface area contributed by atoms with Crippen LogP contribution in [0.1, 0.15) is 6.42 Å². The van der Waals surface area contributed by atoms with Crippen molar-refractivity contribution in [3.8, 4) is 17.2 Å². The van der Waals surface area contributed by atoms with Crippen molar-refractivity contribution in [3.05, 3.63) is 41.4 Å². The van der Waals surface area contributed by atoms with Gasteiger partial charge in [0.1, 0.15) is 0 Å². The third-order valence-corrected chi connectivity index (χ3v) is 5.11. The zero-order chi connectivity index (χ0) is 23.3. The molecule has 170 valence electrons. The molecule has 1 saturated heterocycles. The van der Waals surface area contributed by atoms with Gasteiger partial charge in [0, 0.05) is 41.5 Å². The Kier molecular flexibility index (Phi) is 7.42. The SMILES string of the molecule is COc1cc(NC(=O)COC(=O)[C@@H]2CC(=O)N(c3cccc(Cl)c3)C2)cc(OC)c1OC. The van der Waals surface area contributed by atoms with Crippen LogP contribution < -0.4 is 24.4 Å². The van der Waals surface area contributed by atoms with Crippen LogP contribution in [-0.4, -0.2) is 52.3 Å². The van der Waals surface area contributed by atoms with E-state index in [9.17, 15) is 14.4 Å². The normalized spacial score (nSPS) is 15.3. The second-order valence-electron chi connectivity index (χ2n) is 6.96. The molecule has 2 aromatic rings. The Labute approximate surface area is 190 Å². The van der Waals surface area contributed by atoms with Crippen molar-refractivity contribution < 1.29 is 33.3 Å². The van der Waals surface area contributed by atoms with Crippen LogP contribution in [0.25, 0.3) is 0 Å². The van der Waals surface area contributed by atoms with E-state index in [0.717, 1.165) is 0 Å². The average molecular weight is 463 g/mol. The molecule has 0 bridgehead atoms. The highest BCUT2D eigenvalue weighted by molar-refractivity contribution is 6.31. The van der Waals surface area contributed by atoms with E-state index in [1.807, 2.05) is 0 Å². The molecule has 0 saturated carbocycles. The van der Waals surface area contributed by atoms with Crippen LogP contribution in [-0.2, 0) is 19.1 Å². The first-order chi connectivity index (χ1) is 15.4. The molecule has 0 aliphatic carbocycles. The summed E-state index contributed by atoms with van der Waals surface area (Å²) >= 11 is 5.98. The third-order valence-electron chi connectivity index (χ3n) is 4.87. The van der Waals surface area contributed by atoms with Gasteiger partial charge in [0.25, 0.3) is 5.91 Å². The van der Waals surface area contributed by atoms with E-state index < -0.39 is 24.4 Å². The Bertz CT molecular complexity index is 1000. The fourth-order valence-corrected chi connectivity index (χ4v) is 3.55. The van der Waals surface area contributed by atoms with Gasteiger partial charge in [-0.2, -0.15) is 0 Å². The molecule has 0 radical (unpaired) electrons. The van der Waals surface area contributed by atoms with Gasteiger partial charge in [-0.25, -0.2) is 0 Å². The van der Waals surface area contributed by atoms with Crippen molar-refractivity contribution >= 4 is 40.8 Å². The molecular formula is C22H23ClN2O7. The van der Waals surface area contributed by atoms with Gasteiger partial charge in [-0.3, -0.25) is 14.4 Å². The first kappa shape index (κ1) is 23.2. The van der Waals surface area contributed by atoms with Gasteiger partial charge in [-0.15, -0.1) is 0 Å². The minimum atomic E-state index is -0.671. The van der Waals surface area contributed by atoms with Gasteiger partial charge >= 0.3 is 5.97 Å². The molecule has 9 nitrogen and oxygen atoms in total. The number of halogens is 1. The van der Waals surface area contributed by atoms with Gasteiger partial charge < -0.3 is 29.2 Å². The number of anilines is 2. The van der Waals surface area contributed by atoms with E-state index in [4.69, 9.17) is 30.5 Å². The lowest BCUT2D eigenvalue weighted by atomic mass is 10.1. The summed E-state index contributed by atoms with van der Waals surface area (Å²) in [7, 11) is 4.39. The van der Waals surface area contributed by atoms with Crippen LogP contribution in [0.3, 0.4) is 0 Å². The van der Waals surface area contributed by atoms with Crippen molar-refractivity contribution in [2.45, 2.75) is 6.42 Å². The maximum Gasteiger partial charge on any atom is 0.311 e. The molecule has 32 heavy (non-hydrogen) atoms. The molecule has 0 unspecified atom stereocenters. The first-order valence-corrected chi connectivity index (χ1v) is 10.1. The highest BCUT2D eigenvalue weighted by Crippen LogP contribution is 2.39. The summed E-state index contributed by atoms with van der Waals surface area (Å²) < 4.78 is 20.9. The quantitative estimate of drug-likeness (QED) is 0.601. The van der Waals surface area contributed by atoms with Crippen LogP contribution in [0, 0.1) is 5.92 Å². The summed E-state index contributed by atoms with van der Waals surface area (Å²) in [5, 5.41) is 3.11. The molecular weight excluding hydrogens is 440 g/mol. The van der Waals surface area contributed by atoms with Crippen LogP contribution in [0.15, 0.2) is 36.4 Å². The Morgan fingerprint density at radius 2 is 1.78 bits per heavy atom. The van der Waals surface area contributed by atoms with Crippen LogP contribution in [0.5, 0.6) is 17.2 Å². The van der Waals surface area contributed by atoms with Crippen LogP contribution in [0.4, 0.5) is 11.4 Å². The van der Waals surface area contributed by atoms with Gasteiger partial charge in [-0.1, -0.05) is 17.7 Å². The number of hydrogen-bond donors (Lipinski definition) is 1. The molecule has 1 atom stereocenters. The minimum Gasteiger partial charge on any atom is -0.493 e. The molecule has 1 aliphatic heterocycles. The highest BCUT2D eigenvalue weighted by atomic mass is 35.5. The van der Waals surface area contributed by atoms with Crippen molar-refractivity contribution in [3.63, 3.8) is 0 Å². The fraction of sp³-hybridized carbons (Fsp3) is 0.318. The summed E-state index contributed by atoms with van der Waals surface area (Å²) in [6.07, 6.45) is -0.000155. The van der Waals surface area contributed by atoms with Crippen LogP contribution >= 0.6 is 11.6 Å². The van der Waals surface area contributed by atoms with Crippen LogP contribution in [0.2, 0.25) is 5.02 Å². The number of nitrogens with one attached hydrogen (secondary N) is 1. The molecule has 0 aromatic heterocycles. The number of rotatable bonds is 8. The van der Waals surface area contributed by atoms with Crippen molar-refractivity contribution in [2.75, 3.05) is 44.7 Å². The van der Waals surface area contributed by atoms with Crippen molar-refractivity contribution in [1.29, 1.82) is 0 Å². The number of amides is 2. The number of esters is 1. The maximum atomic E-state index is 12.4. The predicted octanol–water partition coefficient (Wildman–Crippen LogP) is 2.90. The molecule has 3 rings (SSSR count). The number of carbonyl (C=O) groups is 3. The minimum absolute atomic E-state index is 0.000155. The summed E-state index contributed by atoms with van der Waals surface area (Å²) in [6.45, 7) is -0.343. The number of carbonyl (C=O) groups excluding carboxylic acids is 3. The molecule has 2 amide bonds. The summed E-state index contributed by atoms with van der Waals surface area (Å²) in [6, 6.07) is 9.92. The van der Waals surface area contributed by atoms with Gasteiger partial charge in [-0.05, 0) is 18.2 Å². The van der Waals surface area contributed by atoms with Gasteiger partial charge in [0.2, 0.25) is 11.7 Å². The highest BCUT2D eigenvalue weighted by Gasteiger charge is 2.36. The standard InChI is InChI=1S/C22H23ClN2O7/c1-29-17-9-15(10-18(30-2)21(17)31-3)24-19(26)12-32-22(28)13-7-20(27)25(11-13)16-6-4-5-14(23)8-16/h4-6,8-10,13H,7,11-12H2,1-3H3,(H,24,26)/t13-/m1/s1. The smallest absolute Gasteiger partial charge is 0.311 e. The summed E-state index contributed by atoms with van der Waals surface area (Å²) in [4.78, 5) is 38.5. The second-order valence-corrected chi connectivity index (χ2v) is 7.39. The lowest BCUT2D eigenvalue weighted by Crippen LogP contribution is -2.28. The number of methoxy groups -OCH3 is 3. The monoisotopic (exact) mass is 462 g/mol. The molecule has 1 heterocycles. The molecule has 1 aliphatic rings. The Morgan fingerprint density at radius 3 is 2.38 bits per heavy atom. The zero-order valence-corrected chi connectivity index (χ0v) is 18.6. The molecule has 1 fully saturated rings. The number of hydrogen-bond acceptors (Lipinski definition) is 7. The van der Waals surface area contributed by atoms with Gasteiger partial charge in [0.15, 0.2) is 18.1 Å². The number of ether oxygens (including phenoxy) is 4. The third kappa shape index (κ3) is 5.23. The molecule has 10 heteroatoms. The van der Waals surface area contributed by atoms with Gasteiger partial charge in [0.05, 0.1) is 27.2 Å². The lowest BCUT2D eigenvalue weighted by molar-refractivity contribution is -0.151. The largest absolute Gasteiger partial charge is 0.493 e. The Morgan fingerprint density at radius 1 is 1.09 bits per heavy atom. The zero-order valence-electron chi connectivity index (χ0n) is 17.8. The summed E-state index contributed by atoms with van der Waals surface area (Å²) in [5.41, 5.74) is 0.988. The Hall–Kier alpha value is -3.46. The predicted molar refractivity (Wildman–Crippen MR) is 118 cm³/mol. The Balaban J connectivity index is 1.57. The average Bonchev–Trinajstić information content (AvgIpc) is 3.18. The lowest BCUT2D eigenvalue weighted by Gasteiger charge is -2.17. The fourth-order valence-electron chi connectivity index (χ4n) is 3.36. The number of nitrogens with zero attached hydrogens (tertiary/aromatic N) is 1. The second kappa shape index (κ2) is 10.2. The first-order valence-electron chi connectivity index (χ1n) is 9.68. The van der Waals surface area contributed by atoms with E-state index in [1.54, 1.807) is 36.4 Å². The van der Waals surface area contributed by atoms with E-state index >= 15 is 0 Å². The molecule has 1 N–H and O–H groups in total. The van der Waals surface area contributed by atoms with E-state index in [2.05, 4.69) is 5.32 Å². The van der Waals surface area contributed by atoms with E-state index in [0.29, 0.717) is 33.6 Å².